The molecule has 1 aliphatic heterocycles. The van der Waals surface area contributed by atoms with Crippen molar-refractivity contribution in [3.63, 3.8) is 0 Å². The summed E-state index contributed by atoms with van der Waals surface area (Å²) in [6.45, 7) is 8.99. The molecule has 0 unspecified atom stereocenters. The summed E-state index contributed by atoms with van der Waals surface area (Å²) >= 11 is 6.30. The molecule has 4 rings (SSSR count). The van der Waals surface area contributed by atoms with E-state index in [4.69, 9.17) is 11.6 Å². The average molecular weight is 567 g/mol. The standard InChI is InChI=1S/C30H36ClFN6O2/c1-3-35(4-2)18-19-38(30(40)24-11-6-8-13-26(24)32)22-29(39)37-17-9-16-36(20-21-37)28-15-14-27(33-34-28)23-10-5-7-12-25(23)31/h5-8,10-15H,3-4,9,16-22H2,1-2H3. The van der Waals surface area contributed by atoms with Crippen molar-refractivity contribution in [3.8, 4) is 11.3 Å². The number of amides is 2. The minimum absolute atomic E-state index is 0.0179. The predicted molar refractivity (Wildman–Crippen MR) is 156 cm³/mol. The van der Waals surface area contributed by atoms with Crippen LogP contribution in [0.4, 0.5) is 10.2 Å². The molecular weight excluding hydrogens is 531 g/mol. The largest absolute Gasteiger partial charge is 0.353 e. The molecule has 212 valence electrons. The van der Waals surface area contributed by atoms with Crippen LogP contribution in [0.3, 0.4) is 0 Å². The second kappa shape index (κ2) is 14.2. The molecule has 1 aromatic heterocycles. The third-order valence-corrected chi connectivity index (χ3v) is 7.60. The van der Waals surface area contributed by atoms with Crippen molar-refractivity contribution in [2.24, 2.45) is 0 Å². The molecule has 1 fully saturated rings. The van der Waals surface area contributed by atoms with Crippen LogP contribution in [0.2, 0.25) is 5.02 Å². The fourth-order valence-corrected chi connectivity index (χ4v) is 5.06. The topological polar surface area (TPSA) is 72.9 Å². The van der Waals surface area contributed by atoms with Gasteiger partial charge in [-0.15, -0.1) is 10.2 Å². The van der Waals surface area contributed by atoms with Crippen LogP contribution in [0, 0.1) is 5.82 Å². The Balaban J connectivity index is 1.41. The zero-order chi connectivity index (χ0) is 28.5. The van der Waals surface area contributed by atoms with E-state index in [1.807, 2.05) is 36.4 Å². The van der Waals surface area contributed by atoms with Crippen molar-refractivity contribution in [2.45, 2.75) is 20.3 Å². The molecule has 0 N–H and O–H groups in total. The van der Waals surface area contributed by atoms with E-state index in [9.17, 15) is 14.0 Å². The maximum absolute atomic E-state index is 14.4. The van der Waals surface area contributed by atoms with Crippen LogP contribution in [0.1, 0.15) is 30.6 Å². The molecule has 8 nitrogen and oxygen atoms in total. The Bertz CT molecular complexity index is 1290. The molecular formula is C30H36ClFN6O2. The Morgan fingerprint density at radius 1 is 0.900 bits per heavy atom. The van der Waals surface area contributed by atoms with E-state index in [1.165, 1.54) is 17.0 Å². The van der Waals surface area contributed by atoms with E-state index in [1.54, 1.807) is 17.0 Å². The van der Waals surface area contributed by atoms with Crippen LogP contribution in [0.25, 0.3) is 11.3 Å². The Kier molecular flexibility index (Phi) is 10.4. The van der Waals surface area contributed by atoms with Crippen LogP contribution in [0.15, 0.2) is 60.7 Å². The fraction of sp³-hybridized carbons (Fsp3) is 0.400. The zero-order valence-corrected chi connectivity index (χ0v) is 23.9. The Morgan fingerprint density at radius 2 is 1.65 bits per heavy atom. The molecule has 0 saturated carbocycles. The SMILES string of the molecule is CCN(CC)CCN(CC(=O)N1CCCN(c2ccc(-c3ccccc3Cl)nn2)CC1)C(=O)c1ccccc1F. The molecule has 0 bridgehead atoms. The maximum atomic E-state index is 14.4. The highest BCUT2D eigenvalue weighted by molar-refractivity contribution is 6.33. The van der Waals surface area contributed by atoms with E-state index < -0.39 is 11.7 Å². The van der Waals surface area contributed by atoms with Gasteiger partial charge < -0.3 is 19.6 Å². The zero-order valence-electron chi connectivity index (χ0n) is 23.1. The van der Waals surface area contributed by atoms with Gasteiger partial charge in [0.2, 0.25) is 5.91 Å². The number of anilines is 1. The van der Waals surface area contributed by atoms with Gasteiger partial charge in [-0.2, -0.15) is 0 Å². The molecule has 2 amide bonds. The summed E-state index contributed by atoms with van der Waals surface area (Å²) < 4.78 is 14.4. The lowest BCUT2D eigenvalue weighted by molar-refractivity contribution is -0.131. The van der Waals surface area contributed by atoms with Crippen LogP contribution in [0.5, 0.6) is 0 Å². The molecule has 40 heavy (non-hydrogen) atoms. The quantitative estimate of drug-likeness (QED) is 0.361. The summed E-state index contributed by atoms with van der Waals surface area (Å²) in [7, 11) is 0. The second-order valence-corrected chi connectivity index (χ2v) is 10.1. The number of hydrogen-bond acceptors (Lipinski definition) is 6. The first-order valence-corrected chi connectivity index (χ1v) is 14.2. The number of halogens is 2. The molecule has 10 heteroatoms. The molecule has 0 spiro atoms. The highest BCUT2D eigenvalue weighted by Crippen LogP contribution is 2.26. The van der Waals surface area contributed by atoms with Gasteiger partial charge in [0.15, 0.2) is 5.82 Å². The first-order chi connectivity index (χ1) is 19.4. The van der Waals surface area contributed by atoms with E-state index >= 15 is 0 Å². The minimum atomic E-state index is -0.583. The van der Waals surface area contributed by atoms with Crippen molar-refractivity contribution < 1.29 is 14.0 Å². The number of carbonyl (C=O) groups excluding carboxylic acids is 2. The number of hydrogen-bond donors (Lipinski definition) is 0. The fourth-order valence-electron chi connectivity index (χ4n) is 4.83. The van der Waals surface area contributed by atoms with E-state index in [2.05, 4.69) is 33.8 Å². The molecule has 2 aromatic carbocycles. The normalized spacial score (nSPS) is 13.8. The molecule has 1 aliphatic rings. The van der Waals surface area contributed by atoms with Gasteiger partial charge in [-0.1, -0.05) is 55.8 Å². The highest BCUT2D eigenvalue weighted by Gasteiger charge is 2.26. The molecule has 2 heterocycles. The van der Waals surface area contributed by atoms with Gasteiger partial charge in [-0.05, 0) is 49.8 Å². The van der Waals surface area contributed by atoms with Crippen molar-refractivity contribution in [1.29, 1.82) is 0 Å². The molecule has 3 aromatic rings. The van der Waals surface area contributed by atoms with Gasteiger partial charge in [0.1, 0.15) is 12.4 Å². The molecule has 1 saturated heterocycles. The number of aromatic nitrogens is 2. The number of benzene rings is 2. The van der Waals surface area contributed by atoms with Gasteiger partial charge in [-0.3, -0.25) is 9.59 Å². The summed E-state index contributed by atoms with van der Waals surface area (Å²) in [6.07, 6.45) is 0.750. The van der Waals surface area contributed by atoms with E-state index in [0.29, 0.717) is 43.4 Å². The van der Waals surface area contributed by atoms with E-state index in [-0.39, 0.29) is 18.0 Å². The summed E-state index contributed by atoms with van der Waals surface area (Å²) in [4.78, 5) is 34.2. The third-order valence-electron chi connectivity index (χ3n) is 7.27. The number of rotatable bonds is 10. The van der Waals surface area contributed by atoms with Crippen molar-refractivity contribution in [1.82, 2.24) is 24.9 Å². The van der Waals surface area contributed by atoms with Gasteiger partial charge in [0, 0.05) is 44.8 Å². The van der Waals surface area contributed by atoms with Crippen molar-refractivity contribution >= 4 is 29.2 Å². The summed E-state index contributed by atoms with van der Waals surface area (Å²) in [5, 5.41) is 9.42. The van der Waals surface area contributed by atoms with Crippen molar-refractivity contribution in [3.05, 3.63) is 77.1 Å². The maximum Gasteiger partial charge on any atom is 0.257 e. The van der Waals surface area contributed by atoms with Gasteiger partial charge >= 0.3 is 0 Å². The lowest BCUT2D eigenvalue weighted by Gasteiger charge is -2.29. The molecule has 0 atom stereocenters. The van der Waals surface area contributed by atoms with Gasteiger partial charge in [-0.25, -0.2) is 4.39 Å². The monoisotopic (exact) mass is 566 g/mol. The van der Waals surface area contributed by atoms with Gasteiger partial charge in [0.25, 0.3) is 5.91 Å². The molecule has 0 radical (unpaired) electrons. The summed E-state index contributed by atoms with van der Waals surface area (Å²) in [5.74, 6) is -0.462. The van der Waals surface area contributed by atoms with Crippen LogP contribution >= 0.6 is 11.6 Å². The lowest BCUT2D eigenvalue weighted by atomic mass is 10.1. The highest BCUT2D eigenvalue weighted by atomic mass is 35.5. The number of likely N-dealkylation sites (N-methyl/N-ethyl adjacent to an activating group) is 1. The average Bonchev–Trinajstić information content (AvgIpc) is 3.24. The van der Waals surface area contributed by atoms with Gasteiger partial charge in [0.05, 0.1) is 16.3 Å². The van der Waals surface area contributed by atoms with Crippen LogP contribution < -0.4 is 4.90 Å². The minimum Gasteiger partial charge on any atom is -0.353 e. The third kappa shape index (κ3) is 7.34. The first kappa shape index (κ1) is 29.4. The summed E-state index contributed by atoms with van der Waals surface area (Å²) in [6, 6.07) is 17.3. The predicted octanol–water partition coefficient (Wildman–Crippen LogP) is 4.46. The number of nitrogens with zero attached hydrogens (tertiary/aromatic N) is 6. The first-order valence-electron chi connectivity index (χ1n) is 13.8. The second-order valence-electron chi connectivity index (χ2n) is 9.71. The Morgan fingerprint density at radius 3 is 2.35 bits per heavy atom. The Labute approximate surface area is 240 Å². The lowest BCUT2D eigenvalue weighted by Crippen LogP contribution is -2.46. The van der Waals surface area contributed by atoms with Crippen molar-refractivity contribution in [2.75, 3.05) is 63.8 Å². The molecule has 0 aliphatic carbocycles. The van der Waals surface area contributed by atoms with E-state index in [0.717, 1.165) is 37.4 Å². The van der Waals surface area contributed by atoms with Crippen LogP contribution in [-0.4, -0.2) is 95.6 Å². The number of carbonyl (C=O) groups is 2. The summed E-state index contributed by atoms with van der Waals surface area (Å²) in [5.41, 5.74) is 1.51. The smallest absolute Gasteiger partial charge is 0.257 e. The van der Waals surface area contributed by atoms with Crippen LogP contribution in [-0.2, 0) is 4.79 Å². The Hall–Kier alpha value is -3.56.